The molecule has 0 spiro atoms. The molecule has 0 atom stereocenters. The van der Waals surface area contributed by atoms with Gasteiger partial charge in [0.05, 0.1) is 5.71 Å². The SMILES string of the molecule is CC(C)(C)OC(=O)NCCc1nnc2n1N=C(c1ccccc1)CS2. The number of nitrogens with zero attached hydrogens (tertiary/aromatic N) is 4. The van der Waals surface area contributed by atoms with Crippen molar-refractivity contribution in [3.63, 3.8) is 0 Å². The van der Waals surface area contributed by atoms with E-state index in [0.29, 0.717) is 18.8 Å². The first-order valence-electron chi connectivity index (χ1n) is 8.09. The molecule has 1 amide bonds. The zero-order chi connectivity index (χ0) is 17.9. The third kappa shape index (κ3) is 4.60. The number of carbonyl (C=O) groups is 1. The van der Waals surface area contributed by atoms with E-state index >= 15 is 0 Å². The molecule has 0 saturated carbocycles. The maximum absolute atomic E-state index is 11.7. The molecule has 2 aromatic rings. The second-order valence-corrected chi connectivity index (χ2v) is 7.53. The number of carbonyl (C=O) groups excluding carboxylic acids is 1. The lowest BCUT2D eigenvalue weighted by Crippen LogP contribution is -2.33. The molecule has 7 nitrogen and oxygen atoms in total. The molecule has 0 aliphatic carbocycles. The number of nitrogens with one attached hydrogen (secondary N) is 1. The van der Waals surface area contributed by atoms with E-state index in [1.54, 1.807) is 16.4 Å². The molecule has 25 heavy (non-hydrogen) atoms. The van der Waals surface area contributed by atoms with Crippen LogP contribution in [0.4, 0.5) is 4.79 Å². The molecule has 132 valence electrons. The van der Waals surface area contributed by atoms with Crippen LogP contribution < -0.4 is 5.32 Å². The number of amides is 1. The van der Waals surface area contributed by atoms with Crippen molar-refractivity contribution < 1.29 is 9.53 Å². The molecule has 3 rings (SSSR count). The summed E-state index contributed by atoms with van der Waals surface area (Å²) in [5.74, 6) is 1.48. The highest BCUT2D eigenvalue weighted by atomic mass is 32.2. The third-order valence-corrected chi connectivity index (χ3v) is 4.29. The summed E-state index contributed by atoms with van der Waals surface area (Å²) in [6.07, 6.45) is 0.0898. The maximum Gasteiger partial charge on any atom is 0.407 e. The fourth-order valence-electron chi connectivity index (χ4n) is 2.29. The van der Waals surface area contributed by atoms with Gasteiger partial charge in [0.25, 0.3) is 0 Å². The molecule has 0 fully saturated rings. The summed E-state index contributed by atoms with van der Waals surface area (Å²) in [4.78, 5) is 11.7. The van der Waals surface area contributed by atoms with Crippen molar-refractivity contribution in [3.8, 4) is 0 Å². The van der Waals surface area contributed by atoms with E-state index in [1.165, 1.54) is 0 Å². The quantitative estimate of drug-likeness (QED) is 0.908. The largest absolute Gasteiger partial charge is 0.444 e. The summed E-state index contributed by atoms with van der Waals surface area (Å²) in [6, 6.07) is 10.1. The number of thioether (sulfide) groups is 1. The Kier molecular flexibility index (Phi) is 5.08. The van der Waals surface area contributed by atoms with E-state index in [0.717, 1.165) is 22.2 Å². The van der Waals surface area contributed by atoms with Crippen LogP contribution in [0.5, 0.6) is 0 Å². The van der Waals surface area contributed by atoms with Crippen LogP contribution in [0.1, 0.15) is 32.2 Å². The maximum atomic E-state index is 11.7. The van der Waals surface area contributed by atoms with Gasteiger partial charge < -0.3 is 10.1 Å². The molecule has 1 aliphatic rings. The van der Waals surface area contributed by atoms with Gasteiger partial charge in [-0.1, -0.05) is 42.1 Å². The lowest BCUT2D eigenvalue weighted by molar-refractivity contribution is 0.0528. The fourth-order valence-corrected chi connectivity index (χ4v) is 3.14. The zero-order valence-electron chi connectivity index (χ0n) is 14.5. The second-order valence-electron chi connectivity index (χ2n) is 6.59. The van der Waals surface area contributed by atoms with E-state index in [1.807, 2.05) is 51.1 Å². The topological polar surface area (TPSA) is 81.4 Å². The number of rotatable bonds is 4. The van der Waals surface area contributed by atoms with E-state index in [9.17, 15) is 4.79 Å². The average Bonchev–Trinajstić information content (AvgIpc) is 2.96. The number of alkyl carbamates (subject to hydrolysis) is 1. The van der Waals surface area contributed by atoms with Crippen LogP contribution in [0.3, 0.4) is 0 Å². The molecule has 0 radical (unpaired) electrons. The van der Waals surface area contributed by atoms with E-state index < -0.39 is 11.7 Å². The number of aromatic nitrogens is 3. The number of fused-ring (bicyclic) bond motifs is 1. The Morgan fingerprint density at radius 2 is 2.04 bits per heavy atom. The molecule has 0 bridgehead atoms. The van der Waals surface area contributed by atoms with Crippen molar-refractivity contribution in [2.24, 2.45) is 5.10 Å². The minimum Gasteiger partial charge on any atom is -0.444 e. The Balaban J connectivity index is 1.65. The van der Waals surface area contributed by atoms with Crippen LogP contribution in [-0.4, -0.2) is 44.6 Å². The van der Waals surface area contributed by atoms with Gasteiger partial charge in [-0.05, 0) is 26.3 Å². The summed E-state index contributed by atoms with van der Waals surface area (Å²) in [6.45, 7) is 5.91. The number of benzene rings is 1. The summed E-state index contributed by atoms with van der Waals surface area (Å²) in [5, 5.41) is 16.5. The highest BCUT2D eigenvalue weighted by Crippen LogP contribution is 2.24. The molecular weight excluding hydrogens is 338 g/mol. The second kappa shape index (κ2) is 7.26. The van der Waals surface area contributed by atoms with Crippen molar-refractivity contribution in [2.75, 3.05) is 12.3 Å². The van der Waals surface area contributed by atoms with Crippen molar-refractivity contribution in [2.45, 2.75) is 37.9 Å². The molecule has 1 aliphatic heterocycles. The number of hydrogen-bond donors (Lipinski definition) is 1. The van der Waals surface area contributed by atoms with E-state index in [-0.39, 0.29) is 0 Å². The van der Waals surface area contributed by atoms with Gasteiger partial charge >= 0.3 is 6.09 Å². The lowest BCUT2D eigenvalue weighted by atomic mass is 10.1. The zero-order valence-corrected chi connectivity index (χ0v) is 15.3. The van der Waals surface area contributed by atoms with Crippen LogP contribution >= 0.6 is 11.8 Å². The Hall–Kier alpha value is -2.35. The number of ether oxygens (including phenoxy) is 1. The molecule has 8 heteroatoms. The average molecular weight is 359 g/mol. The molecule has 1 N–H and O–H groups in total. The van der Waals surface area contributed by atoms with Crippen molar-refractivity contribution in [3.05, 3.63) is 41.7 Å². The van der Waals surface area contributed by atoms with Gasteiger partial charge in [-0.25, -0.2) is 4.79 Å². The monoisotopic (exact) mass is 359 g/mol. The minimum absolute atomic E-state index is 0.411. The van der Waals surface area contributed by atoms with Crippen LogP contribution in [0.15, 0.2) is 40.6 Å². The van der Waals surface area contributed by atoms with E-state index in [2.05, 4.69) is 20.6 Å². The summed E-state index contributed by atoms with van der Waals surface area (Å²) < 4.78 is 6.98. The van der Waals surface area contributed by atoms with Gasteiger partial charge in [-0.15, -0.1) is 10.2 Å². The van der Waals surface area contributed by atoms with Gasteiger partial charge in [0.15, 0.2) is 5.82 Å². The number of hydrogen-bond acceptors (Lipinski definition) is 6. The highest BCUT2D eigenvalue weighted by molar-refractivity contribution is 7.99. The first kappa shape index (κ1) is 17.5. The molecular formula is C17H21N5O2S. The predicted molar refractivity (Wildman–Crippen MR) is 97.1 cm³/mol. The summed E-state index contributed by atoms with van der Waals surface area (Å²) in [5.41, 5.74) is 1.57. The molecule has 1 aromatic carbocycles. The molecule has 0 saturated heterocycles. The predicted octanol–water partition coefficient (Wildman–Crippen LogP) is 2.70. The van der Waals surface area contributed by atoms with Gasteiger partial charge in [-0.2, -0.15) is 9.78 Å². The first-order valence-corrected chi connectivity index (χ1v) is 9.08. The summed E-state index contributed by atoms with van der Waals surface area (Å²) in [7, 11) is 0. The Morgan fingerprint density at radius 3 is 2.76 bits per heavy atom. The Labute approximate surface area is 150 Å². The lowest BCUT2D eigenvalue weighted by Gasteiger charge is -2.19. The normalized spacial score (nSPS) is 13.8. The van der Waals surface area contributed by atoms with Crippen LogP contribution in [0, 0.1) is 0 Å². The Bertz CT molecular complexity index is 780. The third-order valence-electron chi connectivity index (χ3n) is 3.36. The minimum atomic E-state index is -0.510. The molecule has 1 aromatic heterocycles. The smallest absolute Gasteiger partial charge is 0.407 e. The molecule has 2 heterocycles. The van der Waals surface area contributed by atoms with Crippen molar-refractivity contribution >= 4 is 23.6 Å². The standard InChI is InChI=1S/C17H21N5O2S/c1-17(2,3)24-16(23)18-10-9-14-19-20-15-22(14)21-13(11-25-15)12-7-5-4-6-8-12/h4-8H,9-11H2,1-3H3,(H,18,23). The van der Waals surface area contributed by atoms with Gasteiger partial charge in [0.1, 0.15) is 5.60 Å². The van der Waals surface area contributed by atoms with Crippen LogP contribution in [0.25, 0.3) is 0 Å². The fraction of sp³-hybridized carbons (Fsp3) is 0.412. The van der Waals surface area contributed by atoms with Gasteiger partial charge in [0, 0.05) is 18.7 Å². The van der Waals surface area contributed by atoms with Crippen LogP contribution in [-0.2, 0) is 11.2 Å². The molecule has 0 unspecified atom stereocenters. The van der Waals surface area contributed by atoms with Gasteiger partial charge in [-0.3, -0.25) is 0 Å². The van der Waals surface area contributed by atoms with Gasteiger partial charge in [0.2, 0.25) is 5.16 Å². The highest BCUT2D eigenvalue weighted by Gasteiger charge is 2.20. The summed E-state index contributed by atoms with van der Waals surface area (Å²) >= 11 is 1.61. The van der Waals surface area contributed by atoms with E-state index in [4.69, 9.17) is 4.74 Å². The van der Waals surface area contributed by atoms with Crippen molar-refractivity contribution in [1.82, 2.24) is 20.2 Å². The van der Waals surface area contributed by atoms with Crippen molar-refractivity contribution in [1.29, 1.82) is 0 Å². The first-order chi connectivity index (χ1) is 11.9. The van der Waals surface area contributed by atoms with Crippen LogP contribution in [0.2, 0.25) is 0 Å². The Morgan fingerprint density at radius 1 is 1.28 bits per heavy atom.